The number of rotatable bonds is 7. The molecule has 0 bridgehead atoms. The second kappa shape index (κ2) is 8.32. The van der Waals surface area contributed by atoms with E-state index < -0.39 is 17.3 Å². The summed E-state index contributed by atoms with van der Waals surface area (Å²) in [7, 11) is 0. The number of unbranched alkanes of at least 4 members (excludes halogenated alkanes) is 1. The highest BCUT2D eigenvalue weighted by atomic mass is 16.5. The fourth-order valence-electron chi connectivity index (χ4n) is 3.74. The van der Waals surface area contributed by atoms with Gasteiger partial charge in [0, 0.05) is 0 Å². The molecule has 1 aromatic rings. The van der Waals surface area contributed by atoms with Crippen LogP contribution in [0.1, 0.15) is 57.9 Å². The quantitative estimate of drug-likeness (QED) is 0.447. The van der Waals surface area contributed by atoms with Crippen molar-refractivity contribution >= 4 is 11.9 Å². The van der Waals surface area contributed by atoms with Crippen molar-refractivity contribution in [3.63, 3.8) is 0 Å². The van der Waals surface area contributed by atoms with Gasteiger partial charge in [-0.15, -0.1) is 0 Å². The number of hydrogen-bond acceptors (Lipinski definition) is 3. The molecule has 1 aliphatic carbocycles. The molecule has 1 aromatic carbocycles. The van der Waals surface area contributed by atoms with Crippen molar-refractivity contribution in [1.82, 2.24) is 0 Å². The number of carbonyl (C=O) groups is 2. The molecule has 25 heavy (non-hydrogen) atoms. The van der Waals surface area contributed by atoms with Crippen LogP contribution in [0.2, 0.25) is 0 Å². The minimum absolute atomic E-state index is 0.242. The molecular weight excluding hydrogens is 316 g/mol. The number of benzene rings is 1. The van der Waals surface area contributed by atoms with E-state index in [1.165, 1.54) is 0 Å². The average Bonchev–Trinajstić information content (AvgIpc) is 2.62. The fourth-order valence-corrected chi connectivity index (χ4v) is 3.74. The van der Waals surface area contributed by atoms with Crippen LogP contribution in [0.15, 0.2) is 42.0 Å². The first-order chi connectivity index (χ1) is 11.9. The summed E-state index contributed by atoms with van der Waals surface area (Å²) in [6.45, 7) is 6.24. The van der Waals surface area contributed by atoms with Gasteiger partial charge in [-0.3, -0.25) is 9.59 Å². The summed E-state index contributed by atoms with van der Waals surface area (Å²) in [5, 5.41) is 9.87. The molecule has 0 radical (unpaired) electrons. The van der Waals surface area contributed by atoms with Crippen LogP contribution in [0.3, 0.4) is 0 Å². The van der Waals surface area contributed by atoms with Crippen molar-refractivity contribution in [3.8, 4) is 0 Å². The van der Waals surface area contributed by atoms with Gasteiger partial charge in [0.2, 0.25) is 0 Å². The highest BCUT2D eigenvalue weighted by molar-refractivity contribution is 5.86. The Labute approximate surface area is 149 Å². The Morgan fingerprint density at radius 2 is 2.00 bits per heavy atom. The van der Waals surface area contributed by atoms with Crippen LogP contribution in [0.25, 0.3) is 0 Å². The van der Waals surface area contributed by atoms with E-state index in [4.69, 9.17) is 4.74 Å². The molecule has 4 heteroatoms. The molecule has 3 unspecified atom stereocenters. The van der Waals surface area contributed by atoms with Gasteiger partial charge in [0.1, 0.15) is 0 Å². The van der Waals surface area contributed by atoms with E-state index in [0.29, 0.717) is 19.4 Å². The van der Waals surface area contributed by atoms with Crippen molar-refractivity contribution in [2.75, 3.05) is 6.61 Å². The van der Waals surface area contributed by atoms with E-state index in [1.807, 2.05) is 57.2 Å². The fraction of sp³-hybridized carbons (Fsp3) is 0.524. The predicted octanol–water partition coefficient (Wildman–Crippen LogP) is 4.56. The van der Waals surface area contributed by atoms with Crippen LogP contribution < -0.4 is 0 Å². The topological polar surface area (TPSA) is 63.6 Å². The maximum Gasteiger partial charge on any atom is 0.313 e. The van der Waals surface area contributed by atoms with E-state index in [1.54, 1.807) is 0 Å². The van der Waals surface area contributed by atoms with Gasteiger partial charge in [-0.2, -0.15) is 0 Å². The molecular formula is C21H28O4. The third kappa shape index (κ3) is 3.94. The number of ether oxygens (including phenoxy) is 1. The number of carboxylic acids is 1. The molecule has 3 atom stereocenters. The van der Waals surface area contributed by atoms with Gasteiger partial charge < -0.3 is 9.84 Å². The van der Waals surface area contributed by atoms with Gasteiger partial charge in [-0.1, -0.05) is 62.2 Å². The molecule has 1 N–H and O–H groups in total. The highest BCUT2D eigenvalue weighted by Crippen LogP contribution is 2.51. The minimum atomic E-state index is -1.07. The summed E-state index contributed by atoms with van der Waals surface area (Å²) >= 11 is 0. The predicted molar refractivity (Wildman–Crippen MR) is 97.3 cm³/mol. The number of carboxylic acid groups (broad SMARTS) is 1. The maximum atomic E-state index is 13.1. The zero-order valence-electron chi connectivity index (χ0n) is 15.3. The Morgan fingerprint density at radius 1 is 1.32 bits per heavy atom. The van der Waals surface area contributed by atoms with Crippen LogP contribution >= 0.6 is 0 Å². The molecule has 0 aromatic heterocycles. The van der Waals surface area contributed by atoms with Crippen LogP contribution in [0, 0.1) is 11.3 Å². The maximum absolute atomic E-state index is 13.1. The molecule has 2 rings (SSSR count). The van der Waals surface area contributed by atoms with Crippen molar-refractivity contribution in [2.45, 2.75) is 52.4 Å². The van der Waals surface area contributed by atoms with Gasteiger partial charge in [-0.25, -0.2) is 0 Å². The summed E-state index contributed by atoms with van der Waals surface area (Å²) in [6.07, 6.45) is 4.50. The second-order valence-corrected chi connectivity index (χ2v) is 7.01. The number of allylic oxidation sites excluding steroid dienone is 2. The molecule has 0 heterocycles. The summed E-state index contributed by atoms with van der Waals surface area (Å²) in [6, 6.07) is 9.66. The first-order valence-corrected chi connectivity index (χ1v) is 9.04. The standard InChI is InChI=1S/C21H28O4/c1-4-5-13-25-20(24)21(16(3)17-9-7-6-8-10-17)12-11-15(2)14-18(21)19(22)23/h6-11,16,18H,4-5,12-14H2,1-3H3,(H,22,23). The molecule has 0 spiro atoms. The lowest BCUT2D eigenvalue weighted by molar-refractivity contribution is -0.170. The van der Waals surface area contributed by atoms with Crippen molar-refractivity contribution < 1.29 is 19.4 Å². The smallest absolute Gasteiger partial charge is 0.313 e. The Bertz CT molecular complexity index is 635. The van der Waals surface area contributed by atoms with Gasteiger partial charge in [0.25, 0.3) is 0 Å². The lowest BCUT2D eigenvalue weighted by Crippen LogP contribution is -2.48. The molecule has 0 saturated carbocycles. The molecule has 0 saturated heterocycles. The lowest BCUT2D eigenvalue weighted by atomic mass is 9.59. The number of carbonyl (C=O) groups excluding carboxylic acids is 1. The third-order valence-electron chi connectivity index (χ3n) is 5.42. The van der Waals surface area contributed by atoms with Crippen LogP contribution in [-0.4, -0.2) is 23.7 Å². The zero-order valence-corrected chi connectivity index (χ0v) is 15.3. The van der Waals surface area contributed by atoms with Crippen molar-refractivity contribution in [2.24, 2.45) is 11.3 Å². The van der Waals surface area contributed by atoms with Gasteiger partial charge in [-0.05, 0) is 37.7 Å². The Hall–Kier alpha value is -2.10. The zero-order chi connectivity index (χ0) is 18.4. The molecule has 4 nitrogen and oxygen atoms in total. The van der Waals surface area contributed by atoms with E-state index in [2.05, 4.69) is 0 Å². The van der Waals surface area contributed by atoms with Crippen molar-refractivity contribution in [1.29, 1.82) is 0 Å². The normalized spacial score (nSPS) is 24.3. The first kappa shape index (κ1) is 19.2. The largest absolute Gasteiger partial charge is 0.481 e. The van der Waals surface area contributed by atoms with Gasteiger partial charge in [0.15, 0.2) is 0 Å². The van der Waals surface area contributed by atoms with Gasteiger partial charge in [0.05, 0.1) is 17.9 Å². The van der Waals surface area contributed by atoms with E-state index in [-0.39, 0.29) is 11.9 Å². The summed E-state index contributed by atoms with van der Waals surface area (Å²) < 4.78 is 5.55. The van der Waals surface area contributed by atoms with E-state index in [9.17, 15) is 14.7 Å². The highest BCUT2D eigenvalue weighted by Gasteiger charge is 2.55. The second-order valence-electron chi connectivity index (χ2n) is 7.01. The number of hydrogen-bond donors (Lipinski definition) is 1. The van der Waals surface area contributed by atoms with E-state index in [0.717, 1.165) is 24.0 Å². The van der Waals surface area contributed by atoms with Crippen LogP contribution in [0.4, 0.5) is 0 Å². The summed E-state index contributed by atoms with van der Waals surface area (Å²) in [5.74, 6) is -2.33. The summed E-state index contributed by atoms with van der Waals surface area (Å²) in [5.41, 5.74) is 0.916. The molecule has 0 amide bonds. The van der Waals surface area contributed by atoms with Crippen molar-refractivity contribution in [3.05, 3.63) is 47.5 Å². The SMILES string of the molecule is CCCCOC(=O)C1(C(C)c2ccccc2)CC=C(C)CC1C(=O)O. The van der Waals surface area contributed by atoms with Crippen LogP contribution in [0.5, 0.6) is 0 Å². The minimum Gasteiger partial charge on any atom is -0.481 e. The molecule has 0 aliphatic heterocycles. The lowest BCUT2D eigenvalue weighted by Gasteiger charge is -2.43. The first-order valence-electron chi connectivity index (χ1n) is 9.04. The van der Waals surface area contributed by atoms with E-state index >= 15 is 0 Å². The van der Waals surface area contributed by atoms with Gasteiger partial charge >= 0.3 is 11.9 Å². The Balaban J connectivity index is 2.46. The number of aliphatic carboxylic acids is 1. The Kier molecular flexibility index (Phi) is 6.40. The van der Waals surface area contributed by atoms with Crippen LogP contribution in [-0.2, 0) is 14.3 Å². The molecule has 0 fully saturated rings. The molecule has 1 aliphatic rings. The average molecular weight is 344 g/mol. The molecule has 136 valence electrons. The monoisotopic (exact) mass is 344 g/mol. The summed E-state index contributed by atoms with van der Waals surface area (Å²) in [4.78, 5) is 25.2. The third-order valence-corrected chi connectivity index (χ3v) is 5.42. The Morgan fingerprint density at radius 3 is 2.60 bits per heavy atom. The number of esters is 1.